The van der Waals surface area contributed by atoms with Gasteiger partial charge in [-0.05, 0) is 47.1 Å². The first-order chi connectivity index (χ1) is 12.6. The molecule has 2 aromatic heterocycles. The van der Waals surface area contributed by atoms with E-state index in [1.165, 1.54) is 11.8 Å². The van der Waals surface area contributed by atoms with Crippen molar-refractivity contribution in [3.63, 3.8) is 0 Å². The molecule has 26 heavy (non-hydrogen) atoms. The van der Waals surface area contributed by atoms with Gasteiger partial charge in [-0.25, -0.2) is 9.97 Å². The zero-order valence-electron chi connectivity index (χ0n) is 14.8. The Bertz CT molecular complexity index is 819. The van der Waals surface area contributed by atoms with E-state index in [9.17, 15) is 4.79 Å². The van der Waals surface area contributed by atoms with E-state index < -0.39 is 0 Å². The number of hydrogen-bond donors (Lipinski definition) is 0. The lowest BCUT2D eigenvalue weighted by molar-refractivity contribution is -0.130. The fraction of sp³-hybridized carbons (Fsp3) is 0.474. The van der Waals surface area contributed by atoms with E-state index in [1.807, 2.05) is 6.07 Å². The van der Waals surface area contributed by atoms with Crippen LogP contribution < -0.4 is 4.90 Å². The van der Waals surface area contributed by atoms with Gasteiger partial charge in [-0.15, -0.1) is 0 Å². The summed E-state index contributed by atoms with van der Waals surface area (Å²) in [4.78, 5) is 24.9. The first kappa shape index (κ1) is 17.0. The average Bonchev–Trinajstić information content (AvgIpc) is 3.09. The predicted octanol–water partition coefficient (Wildman–Crippen LogP) is 2.82. The van der Waals surface area contributed by atoms with Crippen molar-refractivity contribution < 1.29 is 4.79 Å². The number of rotatable bonds is 4. The summed E-state index contributed by atoms with van der Waals surface area (Å²) >= 11 is 1.68. The van der Waals surface area contributed by atoms with Crippen LogP contribution >= 0.6 is 11.3 Å². The van der Waals surface area contributed by atoms with Gasteiger partial charge in [-0.1, -0.05) is 0 Å². The maximum atomic E-state index is 12.2. The summed E-state index contributed by atoms with van der Waals surface area (Å²) < 4.78 is 0. The van der Waals surface area contributed by atoms with Crippen molar-refractivity contribution in [2.75, 3.05) is 18.0 Å². The van der Waals surface area contributed by atoms with Crippen molar-refractivity contribution in [3.8, 4) is 6.07 Å². The molecule has 0 N–H and O–H groups in total. The Morgan fingerprint density at radius 3 is 2.81 bits per heavy atom. The molecule has 1 aliphatic heterocycles. The van der Waals surface area contributed by atoms with Crippen molar-refractivity contribution in [1.29, 1.82) is 5.26 Å². The monoisotopic (exact) mass is 367 g/mol. The van der Waals surface area contributed by atoms with E-state index >= 15 is 0 Å². The molecule has 2 aromatic rings. The van der Waals surface area contributed by atoms with E-state index in [0.29, 0.717) is 11.7 Å². The molecule has 6 nitrogen and oxygen atoms in total. The normalized spacial score (nSPS) is 20.6. The Kier molecular flexibility index (Phi) is 4.37. The number of carbonyl (C=O) groups excluding carboxylic acids is 1. The van der Waals surface area contributed by atoms with Crippen molar-refractivity contribution in [3.05, 3.63) is 40.5 Å². The molecule has 1 spiro atoms. The quantitative estimate of drug-likeness (QED) is 0.831. The second kappa shape index (κ2) is 6.69. The number of aromatic nitrogens is 2. The second-order valence-electron chi connectivity index (χ2n) is 7.22. The van der Waals surface area contributed by atoms with E-state index in [2.05, 4.69) is 36.6 Å². The molecule has 1 atom stereocenters. The lowest BCUT2D eigenvalue weighted by atomic mass is 9.92. The summed E-state index contributed by atoms with van der Waals surface area (Å²) in [6.45, 7) is 4.23. The van der Waals surface area contributed by atoms with Gasteiger partial charge >= 0.3 is 0 Å². The van der Waals surface area contributed by atoms with Crippen LogP contribution in [0.5, 0.6) is 0 Å². The van der Waals surface area contributed by atoms with Crippen LogP contribution in [0.3, 0.4) is 0 Å². The zero-order valence-corrected chi connectivity index (χ0v) is 15.6. The molecule has 2 aliphatic rings. The molecule has 0 radical (unpaired) electrons. The minimum absolute atomic E-state index is 0.165. The third kappa shape index (κ3) is 3.17. The van der Waals surface area contributed by atoms with Crippen LogP contribution in [0, 0.1) is 16.7 Å². The van der Waals surface area contributed by atoms with Crippen LogP contribution in [0.4, 0.5) is 5.82 Å². The minimum Gasteiger partial charge on any atom is -0.355 e. The molecule has 0 bridgehead atoms. The fourth-order valence-corrected chi connectivity index (χ4v) is 4.71. The van der Waals surface area contributed by atoms with Crippen LogP contribution in [-0.2, 0) is 11.3 Å². The van der Waals surface area contributed by atoms with E-state index in [4.69, 9.17) is 5.26 Å². The van der Waals surface area contributed by atoms with E-state index in [-0.39, 0.29) is 11.3 Å². The Hall–Kier alpha value is -2.46. The van der Waals surface area contributed by atoms with Crippen molar-refractivity contribution in [1.82, 2.24) is 14.9 Å². The second-order valence-corrected chi connectivity index (χ2v) is 8.00. The molecular weight excluding hydrogens is 346 g/mol. The largest absolute Gasteiger partial charge is 0.355 e. The van der Waals surface area contributed by atoms with Gasteiger partial charge in [0.1, 0.15) is 11.9 Å². The molecule has 1 saturated heterocycles. The molecular formula is C19H21N5OS. The Morgan fingerprint density at radius 1 is 1.42 bits per heavy atom. The van der Waals surface area contributed by atoms with Gasteiger partial charge in [0.05, 0.1) is 12.4 Å². The highest BCUT2D eigenvalue weighted by molar-refractivity contribution is 7.07. The number of piperidine rings is 1. The van der Waals surface area contributed by atoms with Crippen LogP contribution in [0.25, 0.3) is 0 Å². The molecule has 7 heteroatoms. The third-order valence-electron chi connectivity index (χ3n) is 5.70. The number of hydrogen-bond acceptors (Lipinski definition) is 6. The van der Waals surface area contributed by atoms with Gasteiger partial charge in [0.15, 0.2) is 5.69 Å². The number of nitriles is 1. The molecule has 4 rings (SSSR count). The summed E-state index contributed by atoms with van der Waals surface area (Å²) in [6, 6.07) is 4.45. The van der Waals surface area contributed by atoms with Gasteiger partial charge in [0.25, 0.3) is 0 Å². The standard InChI is InChI=1S/C19H21N5OS/c1-14(25)24(12-15-2-7-26-13-15)17-8-19(17)3-5-23(6-4-19)18-11-21-16(9-20)10-22-18/h2,7,10-11,13,17H,3-6,8,12H2,1H3/t17-/m0/s1. The van der Waals surface area contributed by atoms with Crippen molar-refractivity contribution in [2.24, 2.45) is 5.41 Å². The number of nitrogens with zero attached hydrogens (tertiary/aromatic N) is 5. The molecule has 1 aliphatic carbocycles. The molecule has 134 valence electrons. The first-order valence-electron chi connectivity index (χ1n) is 8.87. The molecule has 3 heterocycles. The highest BCUT2D eigenvalue weighted by Crippen LogP contribution is 2.57. The highest BCUT2D eigenvalue weighted by atomic mass is 32.1. The number of amides is 1. The van der Waals surface area contributed by atoms with Crippen LogP contribution in [0.15, 0.2) is 29.2 Å². The minimum atomic E-state index is 0.165. The molecule has 0 unspecified atom stereocenters. The van der Waals surface area contributed by atoms with Crippen molar-refractivity contribution >= 4 is 23.1 Å². The number of anilines is 1. The van der Waals surface area contributed by atoms with Gasteiger partial charge in [-0.3, -0.25) is 4.79 Å². The van der Waals surface area contributed by atoms with Gasteiger partial charge in [0.2, 0.25) is 5.91 Å². The maximum Gasteiger partial charge on any atom is 0.220 e. The highest BCUT2D eigenvalue weighted by Gasteiger charge is 2.58. The van der Waals surface area contributed by atoms with Crippen molar-refractivity contribution in [2.45, 2.75) is 38.8 Å². The number of thiophene rings is 1. The van der Waals surface area contributed by atoms with E-state index in [1.54, 1.807) is 24.5 Å². The van der Waals surface area contributed by atoms with Crippen LogP contribution in [0.2, 0.25) is 0 Å². The first-order valence-corrected chi connectivity index (χ1v) is 9.81. The summed E-state index contributed by atoms with van der Waals surface area (Å²) in [7, 11) is 0. The lowest BCUT2D eigenvalue weighted by Gasteiger charge is -2.35. The molecule has 2 fully saturated rings. The van der Waals surface area contributed by atoms with E-state index in [0.717, 1.165) is 44.7 Å². The molecule has 1 amide bonds. The Balaban J connectivity index is 1.39. The SMILES string of the molecule is CC(=O)N(Cc1ccsc1)[C@H]1CC12CCN(c1cnc(C#N)cn1)CC2. The molecule has 0 aromatic carbocycles. The van der Waals surface area contributed by atoms with Gasteiger partial charge in [-0.2, -0.15) is 16.6 Å². The Labute approximate surface area is 157 Å². The maximum absolute atomic E-state index is 12.2. The van der Waals surface area contributed by atoms with Crippen LogP contribution in [-0.4, -0.2) is 39.9 Å². The third-order valence-corrected chi connectivity index (χ3v) is 6.43. The summed E-state index contributed by atoms with van der Waals surface area (Å²) in [6.07, 6.45) is 6.43. The fourth-order valence-electron chi connectivity index (χ4n) is 4.05. The predicted molar refractivity (Wildman–Crippen MR) is 99.6 cm³/mol. The average molecular weight is 367 g/mol. The van der Waals surface area contributed by atoms with Gasteiger partial charge in [0, 0.05) is 32.6 Å². The number of carbonyl (C=O) groups is 1. The molecule has 1 saturated carbocycles. The van der Waals surface area contributed by atoms with Gasteiger partial charge < -0.3 is 9.80 Å². The summed E-state index contributed by atoms with van der Waals surface area (Å²) in [5.74, 6) is 0.996. The summed E-state index contributed by atoms with van der Waals surface area (Å²) in [5, 5.41) is 13.0. The lowest BCUT2D eigenvalue weighted by Crippen LogP contribution is -2.40. The van der Waals surface area contributed by atoms with Crippen LogP contribution in [0.1, 0.15) is 37.4 Å². The Morgan fingerprint density at radius 2 is 2.23 bits per heavy atom. The topological polar surface area (TPSA) is 73.1 Å². The summed E-state index contributed by atoms with van der Waals surface area (Å²) in [5.41, 5.74) is 1.82. The zero-order chi connectivity index (χ0) is 18.1. The smallest absolute Gasteiger partial charge is 0.220 e.